The molecule has 0 saturated carbocycles. The molecule has 0 bridgehead atoms. The molecule has 140 valence electrons. The van der Waals surface area contributed by atoms with Gasteiger partial charge in [0.1, 0.15) is 0 Å². The van der Waals surface area contributed by atoms with E-state index in [4.69, 9.17) is 16.7 Å². The van der Waals surface area contributed by atoms with E-state index in [1.54, 1.807) is 48.5 Å². The van der Waals surface area contributed by atoms with E-state index in [2.05, 4.69) is 10.6 Å². The minimum absolute atomic E-state index is 0.128. The van der Waals surface area contributed by atoms with Gasteiger partial charge in [-0.25, -0.2) is 4.79 Å². The Morgan fingerprint density at radius 3 is 1.86 bits per heavy atom. The Bertz CT molecular complexity index is 1050. The van der Waals surface area contributed by atoms with Gasteiger partial charge in [-0.1, -0.05) is 23.7 Å². The van der Waals surface area contributed by atoms with Crippen LogP contribution in [0.15, 0.2) is 72.8 Å². The zero-order valence-corrected chi connectivity index (χ0v) is 15.2. The normalized spacial score (nSPS) is 10.2. The zero-order valence-electron chi connectivity index (χ0n) is 14.5. The standard InChI is InChI=1S/C21H15ClN2O4/c22-16-5-1-3-14(11-16)19(25)24-18-6-2-4-15(12-18)20(26)23-17-9-7-13(8-10-17)21(27)28/h1-12H,(H,23,26)(H,24,25)(H,27,28). The lowest BCUT2D eigenvalue weighted by atomic mass is 10.1. The van der Waals surface area contributed by atoms with Crippen molar-refractivity contribution in [3.8, 4) is 0 Å². The summed E-state index contributed by atoms with van der Waals surface area (Å²) in [6, 6.07) is 18.8. The molecule has 3 aromatic rings. The Morgan fingerprint density at radius 1 is 0.679 bits per heavy atom. The molecule has 0 aliphatic heterocycles. The van der Waals surface area contributed by atoms with Gasteiger partial charge in [0.05, 0.1) is 5.56 Å². The van der Waals surface area contributed by atoms with Crippen molar-refractivity contribution < 1.29 is 19.5 Å². The molecule has 28 heavy (non-hydrogen) atoms. The number of hydrogen-bond donors (Lipinski definition) is 3. The van der Waals surface area contributed by atoms with Crippen LogP contribution >= 0.6 is 11.6 Å². The maximum atomic E-state index is 12.4. The maximum absolute atomic E-state index is 12.4. The Morgan fingerprint density at radius 2 is 1.25 bits per heavy atom. The summed E-state index contributed by atoms with van der Waals surface area (Å²) in [7, 11) is 0. The number of aromatic carboxylic acids is 1. The maximum Gasteiger partial charge on any atom is 0.335 e. The van der Waals surface area contributed by atoms with Crippen LogP contribution in [0.1, 0.15) is 31.1 Å². The average Bonchev–Trinajstić information content (AvgIpc) is 2.68. The number of rotatable bonds is 5. The Kier molecular flexibility index (Phi) is 5.72. The van der Waals surface area contributed by atoms with Crippen LogP contribution in [0.3, 0.4) is 0 Å². The average molecular weight is 395 g/mol. The number of carboxylic acids is 1. The van der Waals surface area contributed by atoms with E-state index in [-0.39, 0.29) is 17.4 Å². The molecule has 6 nitrogen and oxygen atoms in total. The molecule has 0 aromatic heterocycles. The Balaban J connectivity index is 1.70. The minimum atomic E-state index is -1.04. The van der Waals surface area contributed by atoms with Crippen molar-refractivity contribution in [1.29, 1.82) is 0 Å². The second kappa shape index (κ2) is 8.37. The van der Waals surface area contributed by atoms with Crippen LogP contribution in [0.5, 0.6) is 0 Å². The van der Waals surface area contributed by atoms with Crippen molar-refractivity contribution >= 4 is 40.8 Å². The smallest absolute Gasteiger partial charge is 0.335 e. The second-order valence-corrected chi connectivity index (χ2v) is 6.32. The van der Waals surface area contributed by atoms with Crippen molar-refractivity contribution in [2.75, 3.05) is 10.6 Å². The van der Waals surface area contributed by atoms with Crippen LogP contribution in [0.4, 0.5) is 11.4 Å². The number of carbonyl (C=O) groups is 3. The summed E-state index contributed by atoms with van der Waals surface area (Å²) in [5, 5.41) is 14.8. The van der Waals surface area contributed by atoms with Crippen LogP contribution < -0.4 is 10.6 Å². The number of halogens is 1. The topological polar surface area (TPSA) is 95.5 Å². The Hall–Kier alpha value is -3.64. The largest absolute Gasteiger partial charge is 0.478 e. The van der Waals surface area contributed by atoms with Gasteiger partial charge in [0.25, 0.3) is 11.8 Å². The number of carbonyl (C=O) groups excluding carboxylic acids is 2. The summed E-state index contributed by atoms with van der Waals surface area (Å²) < 4.78 is 0. The third kappa shape index (κ3) is 4.75. The minimum Gasteiger partial charge on any atom is -0.478 e. The van der Waals surface area contributed by atoms with E-state index in [0.29, 0.717) is 27.5 Å². The molecule has 0 unspecified atom stereocenters. The lowest BCUT2D eigenvalue weighted by molar-refractivity contribution is 0.0696. The molecule has 0 atom stereocenters. The molecule has 7 heteroatoms. The predicted molar refractivity (Wildman–Crippen MR) is 107 cm³/mol. The highest BCUT2D eigenvalue weighted by Gasteiger charge is 2.11. The molecular weight excluding hydrogens is 380 g/mol. The third-order valence-electron chi connectivity index (χ3n) is 3.86. The SMILES string of the molecule is O=C(O)c1ccc(NC(=O)c2cccc(NC(=O)c3cccc(Cl)c3)c2)cc1. The zero-order chi connectivity index (χ0) is 20.1. The van der Waals surface area contributed by atoms with Crippen molar-refractivity contribution in [3.05, 3.63) is 94.5 Å². The lowest BCUT2D eigenvalue weighted by Crippen LogP contribution is -2.14. The highest BCUT2D eigenvalue weighted by atomic mass is 35.5. The van der Waals surface area contributed by atoms with E-state index >= 15 is 0 Å². The third-order valence-corrected chi connectivity index (χ3v) is 4.09. The molecule has 0 heterocycles. The summed E-state index contributed by atoms with van der Waals surface area (Å²) in [4.78, 5) is 35.6. The van der Waals surface area contributed by atoms with Crippen molar-refractivity contribution in [1.82, 2.24) is 0 Å². The molecule has 0 aliphatic rings. The number of anilines is 2. The van der Waals surface area contributed by atoms with Gasteiger partial charge in [0, 0.05) is 27.5 Å². The molecular formula is C21H15ClN2O4. The number of amides is 2. The predicted octanol–water partition coefficient (Wildman–Crippen LogP) is 4.54. The number of benzene rings is 3. The fourth-order valence-electron chi connectivity index (χ4n) is 2.47. The molecule has 0 saturated heterocycles. The van der Waals surface area contributed by atoms with Crippen molar-refractivity contribution in [2.45, 2.75) is 0 Å². The first-order chi connectivity index (χ1) is 13.4. The van der Waals surface area contributed by atoms with Crippen molar-refractivity contribution in [2.24, 2.45) is 0 Å². The number of hydrogen-bond acceptors (Lipinski definition) is 3. The fourth-order valence-corrected chi connectivity index (χ4v) is 2.66. The Labute approximate surface area is 165 Å². The van der Waals surface area contributed by atoms with Crippen molar-refractivity contribution in [3.63, 3.8) is 0 Å². The molecule has 0 spiro atoms. The van der Waals surface area contributed by atoms with Crippen LogP contribution in [0, 0.1) is 0 Å². The van der Waals surface area contributed by atoms with Gasteiger partial charge >= 0.3 is 5.97 Å². The van der Waals surface area contributed by atoms with E-state index < -0.39 is 5.97 Å². The van der Waals surface area contributed by atoms with Gasteiger partial charge in [-0.15, -0.1) is 0 Å². The summed E-state index contributed by atoms with van der Waals surface area (Å²) in [6.07, 6.45) is 0. The monoisotopic (exact) mass is 394 g/mol. The van der Waals surface area contributed by atoms with E-state index in [9.17, 15) is 14.4 Å². The van der Waals surface area contributed by atoms with Crippen LogP contribution in [-0.4, -0.2) is 22.9 Å². The van der Waals surface area contributed by atoms with Gasteiger partial charge in [-0.05, 0) is 60.7 Å². The quantitative estimate of drug-likeness (QED) is 0.591. The highest BCUT2D eigenvalue weighted by molar-refractivity contribution is 6.31. The molecule has 3 N–H and O–H groups in total. The van der Waals surface area contributed by atoms with Gasteiger partial charge in [-0.3, -0.25) is 9.59 Å². The number of nitrogens with one attached hydrogen (secondary N) is 2. The van der Waals surface area contributed by atoms with Gasteiger partial charge in [0.2, 0.25) is 0 Å². The first-order valence-electron chi connectivity index (χ1n) is 8.24. The van der Waals surface area contributed by atoms with Crippen LogP contribution in [-0.2, 0) is 0 Å². The fraction of sp³-hybridized carbons (Fsp3) is 0. The summed E-state index contributed by atoms with van der Waals surface area (Å²) >= 11 is 5.90. The highest BCUT2D eigenvalue weighted by Crippen LogP contribution is 2.17. The lowest BCUT2D eigenvalue weighted by Gasteiger charge is -2.09. The summed E-state index contributed by atoms with van der Waals surface area (Å²) in [5.41, 5.74) is 1.79. The summed E-state index contributed by atoms with van der Waals surface area (Å²) in [6.45, 7) is 0. The van der Waals surface area contributed by atoms with Gasteiger partial charge < -0.3 is 15.7 Å². The van der Waals surface area contributed by atoms with E-state index in [1.807, 2.05) is 0 Å². The molecule has 0 aliphatic carbocycles. The van der Waals surface area contributed by atoms with Gasteiger partial charge in [-0.2, -0.15) is 0 Å². The van der Waals surface area contributed by atoms with Crippen LogP contribution in [0.25, 0.3) is 0 Å². The molecule has 3 rings (SSSR count). The molecule has 2 amide bonds. The van der Waals surface area contributed by atoms with E-state index in [0.717, 1.165) is 0 Å². The first-order valence-corrected chi connectivity index (χ1v) is 8.62. The van der Waals surface area contributed by atoms with E-state index in [1.165, 1.54) is 24.3 Å². The second-order valence-electron chi connectivity index (χ2n) is 5.88. The van der Waals surface area contributed by atoms with Crippen LogP contribution in [0.2, 0.25) is 5.02 Å². The van der Waals surface area contributed by atoms with Gasteiger partial charge in [0.15, 0.2) is 0 Å². The molecule has 0 fully saturated rings. The first kappa shape index (κ1) is 19.1. The molecule has 3 aromatic carbocycles. The molecule has 0 radical (unpaired) electrons. The number of carboxylic acid groups (broad SMARTS) is 1. The summed E-state index contributed by atoms with van der Waals surface area (Å²) in [5.74, 6) is -1.77.